The molecule has 0 bridgehead atoms. The number of nitrogens with zero attached hydrogens (tertiary/aromatic N) is 2. The van der Waals surface area contributed by atoms with E-state index in [1.165, 1.54) is 18.3 Å². The van der Waals surface area contributed by atoms with Crippen LogP contribution in [-0.2, 0) is 4.79 Å². The first-order chi connectivity index (χ1) is 11.9. The van der Waals surface area contributed by atoms with Crippen LogP contribution < -0.4 is 10.2 Å². The number of hydrazone groups is 1. The van der Waals surface area contributed by atoms with Crippen molar-refractivity contribution >= 4 is 41.0 Å². The first kappa shape index (κ1) is 18.7. The Morgan fingerprint density at radius 3 is 2.64 bits per heavy atom. The van der Waals surface area contributed by atoms with E-state index in [0.717, 1.165) is 0 Å². The summed E-state index contributed by atoms with van der Waals surface area (Å²) in [5, 5.41) is 15.5. The van der Waals surface area contributed by atoms with Crippen LogP contribution in [0.4, 0.5) is 5.69 Å². The Labute approximate surface area is 153 Å². The molecule has 1 N–H and O–H groups in total. The van der Waals surface area contributed by atoms with Gasteiger partial charge in [-0.05, 0) is 30.7 Å². The molecule has 7 nitrogen and oxygen atoms in total. The summed E-state index contributed by atoms with van der Waals surface area (Å²) in [5.41, 5.74) is 3.20. The number of benzene rings is 2. The molecule has 0 saturated carbocycles. The third-order valence-electron chi connectivity index (χ3n) is 3.05. The second kappa shape index (κ2) is 8.46. The highest BCUT2D eigenvalue weighted by molar-refractivity contribution is 6.38. The monoisotopic (exact) mass is 381 g/mol. The minimum absolute atomic E-state index is 0.00359. The molecule has 2 rings (SSSR count). The predicted molar refractivity (Wildman–Crippen MR) is 95.5 cm³/mol. The Bertz CT molecular complexity index is 820. The van der Waals surface area contributed by atoms with Crippen molar-refractivity contribution in [3.63, 3.8) is 0 Å². The number of halogens is 2. The summed E-state index contributed by atoms with van der Waals surface area (Å²) >= 11 is 11.9. The van der Waals surface area contributed by atoms with E-state index in [1.54, 1.807) is 31.2 Å². The van der Waals surface area contributed by atoms with Gasteiger partial charge in [0.05, 0.1) is 21.2 Å². The smallest absolute Gasteiger partial charge is 0.311 e. The second-order valence-electron chi connectivity index (χ2n) is 4.95. The number of nitro groups is 1. The number of nitrogens with one attached hydrogen (secondary N) is 1. The van der Waals surface area contributed by atoms with Gasteiger partial charge in [-0.25, -0.2) is 5.43 Å². The van der Waals surface area contributed by atoms with Crippen LogP contribution in [0.1, 0.15) is 11.1 Å². The van der Waals surface area contributed by atoms with E-state index < -0.39 is 17.4 Å². The molecule has 0 fully saturated rings. The Balaban J connectivity index is 1.96. The van der Waals surface area contributed by atoms with Gasteiger partial charge in [-0.3, -0.25) is 14.9 Å². The van der Waals surface area contributed by atoms with Crippen LogP contribution in [0.5, 0.6) is 5.75 Å². The summed E-state index contributed by atoms with van der Waals surface area (Å²) in [5.74, 6) is -0.585. The van der Waals surface area contributed by atoms with Crippen LogP contribution in [0.15, 0.2) is 41.5 Å². The molecule has 2 aromatic rings. The number of nitro benzene ring substituents is 1. The Morgan fingerprint density at radius 1 is 1.32 bits per heavy atom. The fourth-order valence-electron chi connectivity index (χ4n) is 1.87. The number of carbonyl (C=O) groups excluding carboxylic acids is 1. The van der Waals surface area contributed by atoms with E-state index in [4.69, 9.17) is 27.9 Å². The number of rotatable bonds is 6. The maximum Gasteiger partial charge on any atom is 0.311 e. The average Bonchev–Trinajstić information content (AvgIpc) is 2.56. The number of ether oxygens (including phenoxy) is 1. The fraction of sp³-hybridized carbons (Fsp3) is 0.125. The zero-order chi connectivity index (χ0) is 18.4. The highest BCUT2D eigenvalue weighted by Crippen LogP contribution is 2.27. The summed E-state index contributed by atoms with van der Waals surface area (Å²) in [6, 6.07) is 9.41. The molecule has 0 aliphatic heterocycles. The molecule has 25 heavy (non-hydrogen) atoms. The summed E-state index contributed by atoms with van der Waals surface area (Å²) in [7, 11) is 0. The maximum absolute atomic E-state index is 11.7. The third kappa shape index (κ3) is 5.17. The quantitative estimate of drug-likeness (QED) is 0.468. The molecule has 0 saturated heterocycles. The van der Waals surface area contributed by atoms with Crippen molar-refractivity contribution in [3.8, 4) is 5.75 Å². The molecule has 9 heteroatoms. The number of amides is 1. The third-order valence-corrected chi connectivity index (χ3v) is 3.71. The van der Waals surface area contributed by atoms with Crippen molar-refractivity contribution in [2.75, 3.05) is 6.61 Å². The van der Waals surface area contributed by atoms with Crippen LogP contribution in [0.3, 0.4) is 0 Å². The second-order valence-corrected chi connectivity index (χ2v) is 5.76. The van der Waals surface area contributed by atoms with Gasteiger partial charge in [-0.15, -0.1) is 0 Å². The zero-order valence-corrected chi connectivity index (χ0v) is 14.5. The Kier molecular flexibility index (Phi) is 6.32. The maximum atomic E-state index is 11.7. The van der Waals surface area contributed by atoms with Gasteiger partial charge in [0.15, 0.2) is 12.4 Å². The molecular formula is C16H13Cl2N3O4. The van der Waals surface area contributed by atoms with Gasteiger partial charge < -0.3 is 4.74 Å². The molecule has 1 amide bonds. The van der Waals surface area contributed by atoms with E-state index in [9.17, 15) is 14.9 Å². The number of carbonyl (C=O) groups is 1. The first-order valence-corrected chi connectivity index (χ1v) is 7.78. The predicted octanol–water partition coefficient (Wildman–Crippen LogP) is 3.74. The summed E-state index contributed by atoms with van der Waals surface area (Å²) in [4.78, 5) is 22.2. The van der Waals surface area contributed by atoms with E-state index >= 15 is 0 Å². The first-order valence-electron chi connectivity index (χ1n) is 7.02. The molecule has 0 radical (unpaired) electrons. The summed E-state index contributed by atoms with van der Waals surface area (Å²) < 4.78 is 5.19. The van der Waals surface area contributed by atoms with Crippen molar-refractivity contribution in [2.24, 2.45) is 5.10 Å². The lowest BCUT2D eigenvalue weighted by molar-refractivity contribution is -0.385. The lowest BCUT2D eigenvalue weighted by Gasteiger charge is -2.06. The number of hydrogen-bond donors (Lipinski definition) is 1. The summed E-state index contributed by atoms with van der Waals surface area (Å²) in [6.07, 6.45) is 1.30. The van der Waals surface area contributed by atoms with Crippen molar-refractivity contribution in [2.45, 2.75) is 6.92 Å². The van der Waals surface area contributed by atoms with Gasteiger partial charge in [0, 0.05) is 11.6 Å². The number of aryl methyl sites for hydroxylation is 1. The SMILES string of the molecule is Cc1ccc(OCC(=O)N/N=C\c2c(Cl)cccc2Cl)c([N+](=O)[O-])c1. The molecule has 2 aromatic carbocycles. The highest BCUT2D eigenvalue weighted by atomic mass is 35.5. The van der Waals surface area contributed by atoms with Gasteiger partial charge in [0.2, 0.25) is 0 Å². The van der Waals surface area contributed by atoms with Gasteiger partial charge in [0.25, 0.3) is 5.91 Å². The van der Waals surface area contributed by atoms with E-state index in [-0.39, 0.29) is 11.4 Å². The van der Waals surface area contributed by atoms with Gasteiger partial charge in [-0.2, -0.15) is 5.10 Å². The van der Waals surface area contributed by atoms with E-state index in [1.807, 2.05) is 0 Å². The molecular weight excluding hydrogens is 369 g/mol. The molecule has 0 aliphatic rings. The average molecular weight is 382 g/mol. The van der Waals surface area contributed by atoms with Gasteiger partial charge >= 0.3 is 5.69 Å². The molecule has 0 unspecified atom stereocenters. The molecule has 0 aliphatic carbocycles. The molecule has 0 spiro atoms. The van der Waals surface area contributed by atoms with Gasteiger partial charge in [-0.1, -0.05) is 35.3 Å². The van der Waals surface area contributed by atoms with Crippen LogP contribution in [0.2, 0.25) is 10.0 Å². The summed E-state index contributed by atoms with van der Waals surface area (Å²) in [6.45, 7) is 1.29. The normalized spacial score (nSPS) is 10.7. The van der Waals surface area contributed by atoms with Crippen molar-refractivity contribution in [1.29, 1.82) is 0 Å². The van der Waals surface area contributed by atoms with Gasteiger partial charge in [0.1, 0.15) is 0 Å². The standard InChI is InChI=1S/C16H13Cl2N3O4/c1-10-5-6-15(14(7-10)21(23)24)25-9-16(22)20-19-8-11-12(17)3-2-4-13(11)18/h2-8H,9H2,1H3,(H,20,22)/b19-8-. The topological polar surface area (TPSA) is 93.8 Å². The zero-order valence-electron chi connectivity index (χ0n) is 13.0. The lowest BCUT2D eigenvalue weighted by atomic mass is 10.2. The van der Waals surface area contributed by atoms with Crippen LogP contribution in [0.25, 0.3) is 0 Å². The Hall–Kier alpha value is -2.64. The van der Waals surface area contributed by atoms with Crippen LogP contribution >= 0.6 is 23.2 Å². The van der Waals surface area contributed by atoms with Crippen LogP contribution in [0, 0.1) is 17.0 Å². The van der Waals surface area contributed by atoms with E-state index in [0.29, 0.717) is 21.2 Å². The van der Waals surface area contributed by atoms with Crippen molar-refractivity contribution in [3.05, 3.63) is 67.7 Å². The van der Waals surface area contributed by atoms with Crippen molar-refractivity contribution < 1.29 is 14.5 Å². The molecule has 130 valence electrons. The molecule has 0 aromatic heterocycles. The molecule has 0 heterocycles. The van der Waals surface area contributed by atoms with Crippen molar-refractivity contribution in [1.82, 2.24) is 5.43 Å². The largest absolute Gasteiger partial charge is 0.477 e. The highest BCUT2D eigenvalue weighted by Gasteiger charge is 2.16. The van der Waals surface area contributed by atoms with Crippen LogP contribution in [-0.4, -0.2) is 23.7 Å². The van der Waals surface area contributed by atoms with E-state index in [2.05, 4.69) is 10.5 Å². The fourth-order valence-corrected chi connectivity index (χ4v) is 2.37. The minimum Gasteiger partial charge on any atom is -0.477 e. The number of hydrogen-bond acceptors (Lipinski definition) is 5. The minimum atomic E-state index is -0.589. The molecule has 0 atom stereocenters. The lowest BCUT2D eigenvalue weighted by Crippen LogP contribution is -2.24. The Morgan fingerprint density at radius 2 is 2.00 bits per heavy atom.